The number of alkyl halides is 1. The maximum Gasteiger partial charge on any atom is 0.315 e. The number of nitrogens with zero attached hydrogens (tertiary/aromatic N) is 2. The zero-order valence-electron chi connectivity index (χ0n) is 10.4. The number of hydrogen-bond donors (Lipinski definition) is 1. The van der Waals surface area contributed by atoms with Crippen molar-refractivity contribution in [2.75, 3.05) is 5.32 Å². The quantitative estimate of drug-likeness (QED) is 0.835. The third-order valence-corrected chi connectivity index (χ3v) is 3.66. The molecule has 0 spiro atoms. The molecule has 0 amide bonds. The molecule has 1 N–H and O–H groups in total. The number of aromatic nitrogens is 2. The Morgan fingerprint density at radius 2 is 2.29 bits per heavy atom. The molecule has 0 aromatic carbocycles. The fourth-order valence-electron chi connectivity index (χ4n) is 2.42. The molecule has 0 aliphatic heterocycles. The zero-order valence-corrected chi connectivity index (χ0v) is 11.2. The number of anilines is 1. The van der Waals surface area contributed by atoms with Gasteiger partial charge in [-0.1, -0.05) is 31.3 Å². The first-order chi connectivity index (χ1) is 8.19. The van der Waals surface area contributed by atoms with Crippen LogP contribution in [0.15, 0.2) is 4.42 Å². The molecule has 2 rings (SSSR count). The van der Waals surface area contributed by atoms with E-state index in [4.69, 9.17) is 16.0 Å². The van der Waals surface area contributed by atoms with E-state index in [1.54, 1.807) is 0 Å². The van der Waals surface area contributed by atoms with Crippen LogP contribution in [-0.4, -0.2) is 16.2 Å². The standard InChI is InChI=1S/C12H20ClN3O/c1-3-9-5-4-6-10(7-9)14-12-16-15-11(17-12)8(2)13/h8-10H,3-7H2,1-2H3,(H,14,16). The largest absolute Gasteiger partial charge is 0.406 e. The Hall–Kier alpha value is -0.770. The van der Waals surface area contributed by atoms with Crippen molar-refractivity contribution in [3.63, 3.8) is 0 Å². The summed E-state index contributed by atoms with van der Waals surface area (Å²) in [6.45, 7) is 4.08. The highest BCUT2D eigenvalue weighted by Crippen LogP contribution is 2.29. The third kappa shape index (κ3) is 3.35. The fourth-order valence-corrected chi connectivity index (χ4v) is 2.51. The molecule has 1 heterocycles. The van der Waals surface area contributed by atoms with E-state index in [0.717, 1.165) is 5.92 Å². The van der Waals surface area contributed by atoms with Gasteiger partial charge < -0.3 is 9.73 Å². The first-order valence-electron chi connectivity index (χ1n) is 6.43. The monoisotopic (exact) mass is 257 g/mol. The summed E-state index contributed by atoms with van der Waals surface area (Å²) >= 11 is 5.88. The van der Waals surface area contributed by atoms with Crippen LogP contribution in [0.25, 0.3) is 0 Å². The molecule has 1 aliphatic carbocycles. The van der Waals surface area contributed by atoms with Gasteiger partial charge in [0.15, 0.2) is 0 Å². The predicted octanol–water partition coefficient (Wildman–Crippen LogP) is 3.75. The number of nitrogens with one attached hydrogen (secondary N) is 1. The average molecular weight is 258 g/mol. The van der Waals surface area contributed by atoms with E-state index in [2.05, 4.69) is 22.4 Å². The second-order valence-electron chi connectivity index (χ2n) is 4.84. The minimum atomic E-state index is -0.229. The lowest BCUT2D eigenvalue weighted by Crippen LogP contribution is -2.27. The lowest BCUT2D eigenvalue weighted by atomic mass is 9.84. The van der Waals surface area contributed by atoms with Crippen molar-refractivity contribution in [3.05, 3.63) is 5.89 Å². The van der Waals surface area contributed by atoms with Crippen LogP contribution >= 0.6 is 11.6 Å². The van der Waals surface area contributed by atoms with Crippen LogP contribution in [0.4, 0.5) is 6.01 Å². The van der Waals surface area contributed by atoms with Gasteiger partial charge in [0.2, 0.25) is 5.89 Å². The summed E-state index contributed by atoms with van der Waals surface area (Å²) in [7, 11) is 0. The minimum Gasteiger partial charge on any atom is -0.406 e. The lowest BCUT2D eigenvalue weighted by molar-refractivity contribution is 0.323. The van der Waals surface area contributed by atoms with Gasteiger partial charge in [-0.3, -0.25) is 0 Å². The molecule has 0 saturated heterocycles. The van der Waals surface area contributed by atoms with E-state index in [-0.39, 0.29) is 5.38 Å². The van der Waals surface area contributed by atoms with Crippen LogP contribution in [0.5, 0.6) is 0 Å². The average Bonchev–Trinajstić information content (AvgIpc) is 2.78. The Morgan fingerprint density at radius 1 is 1.47 bits per heavy atom. The predicted molar refractivity (Wildman–Crippen MR) is 68.2 cm³/mol. The zero-order chi connectivity index (χ0) is 12.3. The summed E-state index contributed by atoms with van der Waals surface area (Å²) in [6, 6.07) is 0.974. The Balaban J connectivity index is 1.91. The van der Waals surface area contributed by atoms with Crippen molar-refractivity contribution < 1.29 is 4.42 Å². The highest BCUT2D eigenvalue weighted by atomic mass is 35.5. The molecule has 17 heavy (non-hydrogen) atoms. The Morgan fingerprint density at radius 3 is 2.94 bits per heavy atom. The highest BCUT2D eigenvalue weighted by Gasteiger charge is 2.22. The second kappa shape index (κ2) is 5.71. The van der Waals surface area contributed by atoms with Crippen molar-refractivity contribution >= 4 is 17.6 Å². The molecule has 5 heteroatoms. The molecule has 4 nitrogen and oxygen atoms in total. The maximum absolute atomic E-state index is 5.88. The van der Waals surface area contributed by atoms with Crippen molar-refractivity contribution in [2.45, 2.75) is 57.4 Å². The Kier molecular flexibility index (Phi) is 4.26. The third-order valence-electron chi connectivity index (χ3n) is 3.47. The first kappa shape index (κ1) is 12.7. The SMILES string of the molecule is CCC1CCCC(Nc2nnc(C(C)Cl)o2)C1. The van der Waals surface area contributed by atoms with Gasteiger partial charge in [0.05, 0.1) is 0 Å². The summed E-state index contributed by atoms with van der Waals surface area (Å²) in [5.74, 6) is 1.31. The molecule has 3 atom stereocenters. The van der Waals surface area contributed by atoms with E-state index in [0.29, 0.717) is 17.9 Å². The van der Waals surface area contributed by atoms with E-state index >= 15 is 0 Å². The van der Waals surface area contributed by atoms with Crippen LogP contribution in [0.3, 0.4) is 0 Å². The van der Waals surface area contributed by atoms with Crippen molar-refractivity contribution in [1.29, 1.82) is 0 Å². The van der Waals surface area contributed by atoms with Crippen molar-refractivity contribution in [2.24, 2.45) is 5.92 Å². The smallest absolute Gasteiger partial charge is 0.315 e. The molecule has 1 aliphatic rings. The van der Waals surface area contributed by atoms with E-state index in [1.807, 2.05) is 6.92 Å². The topological polar surface area (TPSA) is 51.0 Å². The molecular weight excluding hydrogens is 238 g/mol. The molecule has 1 saturated carbocycles. The lowest BCUT2D eigenvalue weighted by Gasteiger charge is -2.28. The summed E-state index contributed by atoms with van der Waals surface area (Å²) in [5, 5.41) is 11.0. The fraction of sp³-hybridized carbons (Fsp3) is 0.833. The van der Waals surface area contributed by atoms with E-state index < -0.39 is 0 Å². The minimum absolute atomic E-state index is 0.229. The molecule has 96 valence electrons. The second-order valence-corrected chi connectivity index (χ2v) is 5.50. The molecule has 1 aromatic heterocycles. The Bertz CT molecular complexity index is 353. The molecule has 1 fully saturated rings. The summed E-state index contributed by atoms with van der Waals surface area (Å²) < 4.78 is 5.45. The van der Waals surface area contributed by atoms with Crippen molar-refractivity contribution in [1.82, 2.24) is 10.2 Å². The van der Waals surface area contributed by atoms with Gasteiger partial charge in [-0.2, -0.15) is 0 Å². The van der Waals surface area contributed by atoms with Crippen LogP contribution in [0.2, 0.25) is 0 Å². The van der Waals surface area contributed by atoms with Crippen molar-refractivity contribution in [3.8, 4) is 0 Å². The van der Waals surface area contributed by atoms with Gasteiger partial charge in [0, 0.05) is 6.04 Å². The highest BCUT2D eigenvalue weighted by molar-refractivity contribution is 6.20. The Labute approximate surface area is 107 Å². The maximum atomic E-state index is 5.88. The summed E-state index contributed by atoms with van der Waals surface area (Å²) in [4.78, 5) is 0. The van der Waals surface area contributed by atoms with Gasteiger partial charge in [0.1, 0.15) is 5.38 Å². The van der Waals surface area contributed by atoms with Gasteiger partial charge in [-0.25, -0.2) is 0 Å². The van der Waals surface area contributed by atoms with E-state index in [1.165, 1.54) is 32.1 Å². The molecular formula is C12H20ClN3O. The number of halogens is 1. The number of rotatable bonds is 4. The van der Waals surface area contributed by atoms with Crippen LogP contribution in [0.1, 0.15) is 57.2 Å². The number of hydrogen-bond acceptors (Lipinski definition) is 4. The molecule has 1 aromatic rings. The van der Waals surface area contributed by atoms with Gasteiger partial charge in [0.25, 0.3) is 0 Å². The van der Waals surface area contributed by atoms with Gasteiger partial charge in [-0.05, 0) is 25.7 Å². The summed E-state index contributed by atoms with van der Waals surface area (Å²) in [5.41, 5.74) is 0. The molecule has 0 radical (unpaired) electrons. The molecule has 0 bridgehead atoms. The van der Waals surface area contributed by atoms with Gasteiger partial charge in [-0.15, -0.1) is 16.7 Å². The van der Waals surface area contributed by atoms with Crippen LogP contribution < -0.4 is 5.32 Å². The van der Waals surface area contributed by atoms with Gasteiger partial charge >= 0.3 is 6.01 Å². The van der Waals surface area contributed by atoms with Crippen LogP contribution in [-0.2, 0) is 0 Å². The van der Waals surface area contributed by atoms with Crippen LogP contribution in [0, 0.1) is 5.92 Å². The first-order valence-corrected chi connectivity index (χ1v) is 6.86. The normalized spacial score (nSPS) is 26.8. The molecule has 3 unspecified atom stereocenters. The van der Waals surface area contributed by atoms with E-state index in [9.17, 15) is 0 Å². The summed E-state index contributed by atoms with van der Waals surface area (Å²) in [6.07, 6.45) is 6.27.